The largest absolute Gasteiger partial charge is 0.464 e. The molecule has 4 rings (SSSR count). The number of nitrogens with zero attached hydrogens (tertiary/aromatic N) is 2. The number of hydrogen-bond acceptors (Lipinski definition) is 4. The second kappa shape index (κ2) is 8.97. The summed E-state index contributed by atoms with van der Waals surface area (Å²) in [4.78, 5) is 31.7. The Morgan fingerprint density at radius 1 is 1.03 bits per heavy atom. The Kier molecular flexibility index (Phi) is 6.10. The van der Waals surface area contributed by atoms with Gasteiger partial charge >= 0.3 is 5.97 Å². The van der Waals surface area contributed by atoms with E-state index in [0.717, 1.165) is 22.4 Å². The fourth-order valence-corrected chi connectivity index (χ4v) is 4.17. The number of para-hydroxylation sites is 1. The van der Waals surface area contributed by atoms with Crippen molar-refractivity contribution in [3.8, 4) is 0 Å². The number of fused-ring (bicyclic) bond motifs is 1. The third-order valence-corrected chi connectivity index (χ3v) is 5.70. The number of methoxy groups -OCH3 is 1. The lowest BCUT2D eigenvalue weighted by Gasteiger charge is -2.18. The van der Waals surface area contributed by atoms with Gasteiger partial charge in [-0.05, 0) is 47.4 Å². The van der Waals surface area contributed by atoms with E-state index in [2.05, 4.69) is 18.8 Å². The number of ether oxygens (including phenoxy) is 1. The summed E-state index contributed by atoms with van der Waals surface area (Å²) in [6.45, 7) is 4.41. The van der Waals surface area contributed by atoms with Crippen molar-refractivity contribution in [3.05, 3.63) is 94.3 Å². The number of carbonyl (C=O) groups excluding carboxylic acids is 2. The molecule has 0 fully saturated rings. The maximum atomic E-state index is 13.8. The van der Waals surface area contributed by atoms with Crippen LogP contribution >= 0.6 is 11.6 Å². The number of pyridine rings is 1. The molecule has 1 aliphatic rings. The summed E-state index contributed by atoms with van der Waals surface area (Å²) >= 11 is 6.09. The van der Waals surface area contributed by atoms with Crippen molar-refractivity contribution in [3.63, 3.8) is 0 Å². The predicted molar refractivity (Wildman–Crippen MR) is 126 cm³/mol. The molecule has 0 saturated heterocycles. The van der Waals surface area contributed by atoms with E-state index in [-0.39, 0.29) is 24.1 Å². The van der Waals surface area contributed by atoms with Crippen LogP contribution in [0.2, 0.25) is 5.02 Å². The molecule has 1 aliphatic heterocycles. The molecule has 0 bridgehead atoms. The van der Waals surface area contributed by atoms with E-state index in [1.165, 1.54) is 7.11 Å². The fourth-order valence-electron chi connectivity index (χ4n) is 4.04. The summed E-state index contributed by atoms with van der Waals surface area (Å²) in [6.07, 6.45) is 0. The molecule has 1 amide bonds. The molecule has 0 radical (unpaired) electrons. The third kappa shape index (κ3) is 4.04. The molecular weight excluding hydrogens is 424 g/mol. The molecule has 2 heterocycles. The summed E-state index contributed by atoms with van der Waals surface area (Å²) in [5.41, 5.74) is 5.15. The van der Waals surface area contributed by atoms with E-state index in [4.69, 9.17) is 16.3 Å². The van der Waals surface area contributed by atoms with E-state index >= 15 is 0 Å². The molecule has 0 atom stereocenters. The SMILES string of the molecule is COC(=O)c1cccc(CN2C(=O)/C(=C(/c3ccc(Cl)cc3)C(C)C)c3ccccc32)n1. The van der Waals surface area contributed by atoms with E-state index in [9.17, 15) is 9.59 Å². The summed E-state index contributed by atoms with van der Waals surface area (Å²) < 4.78 is 4.77. The van der Waals surface area contributed by atoms with Crippen LogP contribution in [0.5, 0.6) is 0 Å². The van der Waals surface area contributed by atoms with Crippen molar-refractivity contribution >= 4 is 40.3 Å². The van der Waals surface area contributed by atoms with Gasteiger partial charge in [0.2, 0.25) is 0 Å². The van der Waals surface area contributed by atoms with Gasteiger partial charge in [0.1, 0.15) is 5.69 Å². The highest BCUT2D eigenvalue weighted by Gasteiger charge is 2.35. The van der Waals surface area contributed by atoms with E-state index in [0.29, 0.717) is 16.3 Å². The van der Waals surface area contributed by atoms with Crippen LogP contribution in [0.15, 0.2) is 66.7 Å². The Morgan fingerprint density at radius 3 is 2.44 bits per heavy atom. The quantitative estimate of drug-likeness (QED) is 0.376. The summed E-state index contributed by atoms with van der Waals surface area (Å²) in [5.74, 6) is -0.482. The van der Waals surface area contributed by atoms with Crippen LogP contribution < -0.4 is 4.90 Å². The summed E-state index contributed by atoms with van der Waals surface area (Å²) in [6, 6.07) is 20.5. The lowest BCUT2D eigenvalue weighted by atomic mass is 9.88. The molecule has 0 spiro atoms. The molecular formula is C26H23ClN2O3. The van der Waals surface area contributed by atoms with Crippen LogP contribution in [0, 0.1) is 5.92 Å². The van der Waals surface area contributed by atoms with Crippen molar-refractivity contribution in [1.29, 1.82) is 0 Å². The van der Waals surface area contributed by atoms with E-state index in [1.54, 1.807) is 23.1 Å². The standard InChI is InChI=1S/C26H23ClN2O3/c1-16(2)23(17-11-13-18(27)14-12-17)24-20-8-4-5-10-22(20)29(25(24)30)15-19-7-6-9-21(28-19)26(31)32-3/h4-14,16H,15H2,1-3H3/b24-23+. The number of allylic oxidation sites excluding steroid dienone is 1. The van der Waals surface area contributed by atoms with Gasteiger partial charge in [-0.15, -0.1) is 0 Å². The molecule has 32 heavy (non-hydrogen) atoms. The number of amides is 1. The van der Waals surface area contributed by atoms with Crippen molar-refractivity contribution in [2.75, 3.05) is 12.0 Å². The van der Waals surface area contributed by atoms with E-state index < -0.39 is 5.97 Å². The van der Waals surface area contributed by atoms with Gasteiger partial charge in [-0.1, -0.05) is 61.8 Å². The Labute approximate surface area is 192 Å². The highest BCUT2D eigenvalue weighted by Crippen LogP contribution is 2.43. The van der Waals surface area contributed by atoms with Gasteiger partial charge in [-0.2, -0.15) is 0 Å². The molecule has 5 nitrogen and oxygen atoms in total. The monoisotopic (exact) mass is 446 g/mol. The van der Waals surface area contributed by atoms with Crippen LogP contribution in [-0.2, 0) is 16.1 Å². The molecule has 162 valence electrons. The second-order valence-electron chi connectivity index (χ2n) is 7.86. The van der Waals surface area contributed by atoms with E-state index in [1.807, 2.05) is 48.5 Å². The van der Waals surface area contributed by atoms with Crippen LogP contribution in [0.3, 0.4) is 0 Å². The second-order valence-corrected chi connectivity index (χ2v) is 8.30. The first-order valence-electron chi connectivity index (χ1n) is 10.4. The van der Waals surface area contributed by atoms with Gasteiger partial charge in [-0.3, -0.25) is 4.79 Å². The molecule has 2 aromatic carbocycles. The zero-order valence-corrected chi connectivity index (χ0v) is 18.9. The Morgan fingerprint density at radius 2 is 1.75 bits per heavy atom. The number of esters is 1. The van der Waals surface area contributed by atoms with Crippen LogP contribution in [-0.4, -0.2) is 24.0 Å². The Balaban J connectivity index is 1.81. The van der Waals surface area contributed by atoms with Gasteiger partial charge < -0.3 is 9.64 Å². The van der Waals surface area contributed by atoms with Crippen LogP contribution in [0.4, 0.5) is 5.69 Å². The molecule has 1 aromatic heterocycles. The normalized spacial score (nSPS) is 14.5. The number of benzene rings is 2. The molecule has 0 N–H and O–H groups in total. The lowest BCUT2D eigenvalue weighted by molar-refractivity contribution is -0.113. The Hall–Kier alpha value is -3.44. The number of hydrogen-bond donors (Lipinski definition) is 0. The Bertz CT molecular complexity index is 1220. The molecule has 0 unspecified atom stereocenters. The third-order valence-electron chi connectivity index (χ3n) is 5.45. The smallest absolute Gasteiger partial charge is 0.356 e. The lowest BCUT2D eigenvalue weighted by Crippen LogP contribution is -2.27. The molecule has 0 aliphatic carbocycles. The number of carbonyl (C=O) groups is 2. The average Bonchev–Trinajstić information content (AvgIpc) is 3.06. The van der Waals surface area contributed by atoms with Crippen LogP contribution in [0.1, 0.15) is 41.2 Å². The predicted octanol–water partition coefficient (Wildman–Crippen LogP) is 5.64. The first-order chi connectivity index (χ1) is 15.4. The van der Waals surface area contributed by atoms with Gasteiger partial charge in [0, 0.05) is 10.6 Å². The van der Waals surface area contributed by atoms with Crippen molar-refractivity contribution in [1.82, 2.24) is 4.98 Å². The number of aromatic nitrogens is 1. The minimum absolute atomic E-state index is 0.0879. The zero-order chi connectivity index (χ0) is 22.8. The molecule has 0 saturated carbocycles. The maximum absolute atomic E-state index is 13.8. The van der Waals surface area contributed by atoms with Gasteiger partial charge in [-0.25, -0.2) is 9.78 Å². The highest BCUT2D eigenvalue weighted by molar-refractivity contribution is 6.37. The van der Waals surface area contributed by atoms with Crippen LogP contribution in [0.25, 0.3) is 11.1 Å². The van der Waals surface area contributed by atoms with Crippen molar-refractivity contribution < 1.29 is 14.3 Å². The summed E-state index contributed by atoms with van der Waals surface area (Å²) in [5, 5.41) is 0.651. The maximum Gasteiger partial charge on any atom is 0.356 e. The van der Waals surface area contributed by atoms with Gasteiger partial charge in [0.15, 0.2) is 0 Å². The first-order valence-corrected chi connectivity index (χ1v) is 10.7. The van der Waals surface area contributed by atoms with Gasteiger partial charge in [0.05, 0.1) is 30.6 Å². The molecule has 6 heteroatoms. The van der Waals surface area contributed by atoms with Crippen molar-refractivity contribution in [2.24, 2.45) is 5.92 Å². The topological polar surface area (TPSA) is 59.5 Å². The minimum atomic E-state index is -0.509. The molecule has 3 aromatic rings. The average molecular weight is 447 g/mol. The minimum Gasteiger partial charge on any atom is -0.464 e. The fraction of sp³-hybridized carbons (Fsp3) is 0.192. The van der Waals surface area contributed by atoms with Gasteiger partial charge in [0.25, 0.3) is 5.91 Å². The number of rotatable bonds is 5. The van der Waals surface area contributed by atoms with Crippen molar-refractivity contribution in [2.45, 2.75) is 20.4 Å². The highest BCUT2D eigenvalue weighted by atomic mass is 35.5. The summed E-state index contributed by atoms with van der Waals surface area (Å²) in [7, 11) is 1.32. The first kappa shape index (κ1) is 21.8. The number of halogens is 1. The number of anilines is 1. The zero-order valence-electron chi connectivity index (χ0n) is 18.1.